The molecule has 0 aliphatic heterocycles. The van der Waals surface area contributed by atoms with Crippen LogP contribution in [0.2, 0.25) is 0 Å². The van der Waals surface area contributed by atoms with Crippen molar-refractivity contribution in [1.82, 2.24) is 4.57 Å². The normalized spacial score (nSPS) is 10.9. The molecule has 0 aliphatic carbocycles. The first-order valence-corrected chi connectivity index (χ1v) is 13.6. The minimum Gasteiger partial charge on any atom is -0.493 e. The van der Waals surface area contributed by atoms with E-state index in [2.05, 4.69) is 40.3 Å². The Labute approximate surface area is 231 Å². The first kappa shape index (κ1) is 26.2. The molecule has 0 atom stereocenters. The number of aryl methyl sites for hydroxylation is 1. The summed E-state index contributed by atoms with van der Waals surface area (Å²) < 4.78 is 12.8. The SMILES string of the molecule is CCn1c2ccccc2c2cc(NC(=O)CSc3ccc(NC(=O)c4ccc(OC)c(OC)c4)cc3)ccc21. The van der Waals surface area contributed by atoms with Crippen LogP contribution in [0.5, 0.6) is 11.5 Å². The van der Waals surface area contributed by atoms with Crippen LogP contribution in [0.4, 0.5) is 11.4 Å². The zero-order chi connectivity index (χ0) is 27.4. The van der Waals surface area contributed by atoms with Crippen molar-refractivity contribution in [3.63, 3.8) is 0 Å². The lowest BCUT2D eigenvalue weighted by Gasteiger charge is -2.10. The first-order valence-electron chi connectivity index (χ1n) is 12.6. The van der Waals surface area contributed by atoms with Gasteiger partial charge in [0.15, 0.2) is 11.5 Å². The van der Waals surface area contributed by atoms with Crippen LogP contribution in [0.15, 0.2) is 89.8 Å². The van der Waals surface area contributed by atoms with E-state index in [9.17, 15) is 9.59 Å². The lowest BCUT2D eigenvalue weighted by Crippen LogP contribution is -2.14. The number of amides is 2. The van der Waals surface area contributed by atoms with Crippen molar-refractivity contribution in [3.05, 3.63) is 90.5 Å². The Bertz CT molecular complexity index is 1660. The fraction of sp³-hybridized carbons (Fsp3) is 0.161. The molecular weight excluding hydrogens is 510 g/mol. The maximum atomic E-state index is 12.7. The van der Waals surface area contributed by atoms with Gasteiger partial charge in [0, 0.05) is 50.2 Å². The molecule has 0 aliphatic rings. The number of nitrogens with one attached hydrogen (secondary N) is 2. The van der Waals surface area contributed by atoms with E-state index in [1.807, 2.05) is 48.5 Å². The smallest absolute Gasteiger partial charge is 0.255 e. The molecule has 0 fully saturated rings. The number of fused-ring (bicyclic) bond motifs is 3. The molecule has 5 rings (SSSR count). The average molecular weight is 540 g/mol. The van der Waals surface area contributed by atoms with Crippen LogP contribution in [0.3, 0.4) is 0 Å². The molecule has 2 amide bonds. The largest absolute Gasteiger partial charge is 0.493 e. The number of hydrogen-bond acceptors (Lipinski definition) is 5. The van der Waals surface area contributed by atoms with Crippen LogP contribution in [0.25, 0.3) is 21.8 Å². The molecular formula is C31H29N3O4S. The number of ether oxygens (including phenoxy) is 2. The molecule has 198 valence electrons. The number of benzene rings is 4. The van der Waals surface area contributed by atoms with E-state index in [0.717, 1.165) is 28.0 Å². The maximum absolute atomic E-state index is 12.7. The second-order valence-electron chi connectivity index (χ2n) is 8.88. The van der Waals surface area contributed by atoms with Gasteiger partial charge in [0.25, 0.3) is 5.91 Å². The predicted octanol–water partition coefficient (Wildman–Crippen LogP) is 6.81. The highest BCUT2D eigenvalue weighted by molar-refractivity contribution is 8.00. The minimum absolute atomic E-state index is 0.0792. The van der Waals surface area contributed by atoms with Gasteiger partial charge < -0.3 is 24.7 Å². The van der Waals surface area contributed by atoms with E-state index in [-0.39, 0.29) is 17.6 Å². The average Bonchev–Trinajstić information content (AvgIpc) is 3.29. The van der Waals surface area contributed by atoms with Crippen LogP contribution in [-0.4, -0.2) is 36.4 Å². The molecule has 39 heavy (non-hydrogen) atoms. The highest BCUT2D eigenvalue weighted by atomic mass is 32.2. The quantitative estimate of drug-likeness (QED) is 0.201. The molecule has 2 N–H and O–H groups in total. The van der Waals surface area contributed by atoms with E-state index in [0.29, 0.717) is 22.7 Å². The van der Waals surface area contributed by atoms with Crippen LogP contribution in [0, 0.1) is 0 Å². The number of carbonyl (C=O) groups excluding carboxylic acids is 2. The second-order valence-corrected chi connectivity index (χ2v) is 9.93. The van der Waals surface area contributed by atoms with Crippen molar-refractivity contribution in [2.45, 2.75) is 18.4 Å². The van der Waals surface area contributed by atoms with Gasteiger partial charge in [0.2, 0.25) is 5.91 Å². The minimum atomic E-state index is -0.255. The highest BCUT2D eigenvalue weighted by Gasteiger charge is 2.13. The molecule has 1 aromatic heterocycles. The summed E-state index contributed by atoms with van der Waals surface area (Å²) in [4.78, 5) is 26.3. The number of nitrogens with zero attached hydrogens (tertiary/aromatic N) is 1. The van der Waals surface area contributed by atoms with Crippen LogP contribution in [0.1, 0.15) is 17.3 Å². The van der Waals surface area contributed by atoms with Crippen molar-refractivity contribution in [1.29, 1.82) is 0 Å². The lowest BCUT2D eigenvalue weighted by molar-refractivity contribution is -0.113. The van der Waals surface area contributed by atoms with E-state index < -0.39 is 0 Å². The Hall–Kier alpha value is -4.43. The van der Waals surface area contributed by atoms with Crippen molar-refractivity contribution in [2.75, 3.05) is 30.6 Å². The van der Waals surface area contributed by atoms with Gasteiger partial charge in [0.05, 0.1) is 20.0 Å². The molecule has 0 saturated heterocycles. The molecule has 0 unspecified atom stereocenters. The highest BCUT2D eigenvalue weighted by Crippen LogP contribution is 2.31. The number of rotatable bonds is 9. The molecule has 0 saturated carbocycles. The van der Waals surface area contributed by atoms with Gasteiger partial charge >= 0.3 is 0 Å². The topological polar surface area (TPSA) is 81.6 Å². The molecule has 0 radical (unpaired) electrons. The first-order chi connectivity index (χ1) is 19.0. The molecule has 0 spiro atoms. The molecule has 8 heteroatoms. The van der Waals surface area contributed by atoms with Crippen molar-refractivity contribution >= 4 is 56.8 Å². The number of para-hydroxylation sites is 1. The third-order valence-corrected chi connectivity index (χ3v) is 7.51. The Kier molecular flexibility index (Phi) is 7.74. The van der Waals surface area contributed by atoms with E-state index in [1.54, 1.807) is 25.3 Å². The van der Waals surface area contributed by atoms with Gasteiger partial charge in [-0.3, -0.25) is 9.59 Å². The number of thioether (sulfide) groups is 1. The summed E-state index contributed by atoms with van der Waals surface area (Å²) >= 11 is 1.44. The Balaban J connectivity index is 1.19. The summed E-state index contributed by atoms with van der Waals surface area (Å²) in [5.41, 5.74) is 4.24. The van der Waals surface area contributed by atoms with Gasteiger partial charge in [0.1, 0.15) is 0 Å². The second kappa shape index (κ2) is 11.5. The summed E-state index contributed by atoms with van der Waals surface area (Å²) in [6, 6.07) is 26.8. The zero-order valence-corrected chi connectivity index (χ0v) is 22.8. The number of aromatic nitrogens is 1. The number of anilines is 2. The lowest BCUT2D eigenvalue weighted by atomic mass is 10.1. The Morgan fingerprint density at radius 1 is 0.769 bits per heavy atom. The standard InChI is InChI=1S/C31H29N3O4S/c1-4-34-26-8-6-5-7-24(26)25-18-22(12-15-27(25)34)32-30(35)19-39-23-13-10-21(11-14-23)33-31(36)20-9-16-28(37-2)29(17-20)38-3/h5-18H,4,19H2,1-3H3,(H,32,35)(H,33,36). The predicted molar refractivity (Wildman–Crippen MR) is 158 cm³/mol. The molecule has 1 heterocycles. The summed E-state index contributed by atoms with van der Waals surface area (Å²) in [6.45, 7) is 3.02. The van der Waals surface area contributed by atoms with Gasteiger partial charge in [-0.2, -0.15) is 0 Å². The van der Waals surface area contributed by atoms with E-state index >= 15 is 0 Å². The van der Waals surface area contributed by atoms with E-state index in [4.69, 9.17) is 9.47 Å². The molecule has 7 nitrogen and oxygen atoms in total. The maximum Gasteiger partial charge on any atom is 0.255 e. The van der Waals surface area contributed by atoms with Gasteiger partial charge in [-0.15, -0.1) is 11.8 Å². The monoisotopic (exact) mass is 539 g/mol. The number of carbonyl (C=O) groups is 2. The van der Waals surface area contributed by atoms with Gasteiger partial charge in [-0.05, 0) is 73.7 Å². The summed E-state index contributed by atoms with van der Waals surface area (Å²) in [7, 11) is 3.08. The fourth-order valence-electron chi connectivity index (χ4n) is 4.63. The summed E-state index contributed by atoms with van der Waals surface area (Å²) in [6.07, 6.45) is 0. The molecule has 5 aromatic rings. The summed E-state index contributed by atoms with van der Waals surface area (Å²) in [5, 5.41) is 8.21. The Morgan fingerprint density at radius 2 is 1.49 bits per heavy atom. The third kappa shape index (κ3) is 5.56. The van der Waals surface area contributed by atoms with Crippen LogP contribution >= 0.6 is 11.8 Å². The summed E-state index contributed by atoms with van der Waals surface area (Å²) in [5.74, 6) is 0.984. The van der Waals surface area contributed by atoms with Gasteiger partial charge in [-0.25, -0.2) is 0 Å². The fourth-order valence-corrected chi connectivity index (χ4v) is 5.33. The van der Waals surface area contributed by atoms with Crippen molar-refractivity contribution < 1.29 is 19.1 Å². The number of hydrogen-bond donors (Lipinski definition) is 2. The Morgan fingerprint density at radius 3 is 2.23 bits per heavy atom. The zero-order valence-electron chi connectivity index (χ0n) is 22.0. The van der Waals surface area contributed by atoms with Crippen LogP contribution in [-0.2, 0) is 11.3 Å². The van der Waals surface area contributed by atoms with Crippen molar-refractivity contribution in [3.8, 4) is 11.5 Å². The number of methoxy groups -OCH3 is 2. The van der Waals surface area contributed by atoms with E-state index in [1.165, 1.54) is 29.8 Å². The third-order valence-electron chi connectivity index (χ3n) is 6.50. The molecule has 0 bridgehead atoms. The van der Waals surface area contributed by atoms with Crippen LogP contribution < -0.4 is 20.1 Å². The molecule has 4 aromatic carbocycles. The van der Waals surface area contributed by atoms with Crippen molar-refractivity contribution in [2.24, 2.45) is 0 Å². The van der Waals surface area contributed by atoms with Gasteiger partial charge in [-0.1, -0.05) is 18.2 Å².